The van der Waals surface area contributed by atoms with E-state index in [0.717, 1.165) is 30.5 Å². The number of aromatic nitrogens is 1. The number of aryl methyl sites for hydroxylation is 3. The van der Waals surface area contributed by atoms with Gasteiger partial charge in [-0.15, -0.1) is 11.3 Å². The molecule has 2 amide bonds. The van der Waals surface area contributed by atoms with Gasteiger partial charge < -0.3 is 10.6 Å². The molecule has 2 N–H and O–H groups in total. The Morgan fingerprint density at radius 2 is 2.13 bits per heavy atom. The minimum absolute atomic E-state index is 0.251. The zero-order valence-electron chi connectivity index (χ0n) is 13.2. The molecule has 0 radical (unpaired) electrons. The Morgan fingerprint density at radius 1 is 1.30 bits per heavy atom. The molecule has 1 heterocycles. The van der Waals surface area contributed by atoms with Gasteiger partial charge in [0.1, 0.15) is 6.04 Å². The number of hydrogen-bond acceptors (Lipinski definition) is 4. The summed E-state index contributed by atoms with van der Waals surface area (Å²) in [6, 6.07) is 6.66. The molecular formula is C17H19N3O2S. The number of thiazole rings is 1. The Kier molecular flexibility index (Phi) is 4.43. The van der Waals surface area contributed by atoms with E-state index in [2.05, 4.69) is 15.6 Å². The number of nitrogens with zero attached hydrogens (tertiary/aromatic N) is 1. The number of hydrogen-bond donors (Lipinski definition) is 2. The van der Waals surface area contributed by atoms with Crippen LogP contribution in [-0.4, -0.2) is 22.8 Å². The zero-order valence-corrected chi connectivity index (χ0v) is 14.0. The van der Waals surface area contributed by atoms with E-state index in [0.29, 0.717) is 10.7 Å². The van der Waals surface area contributed by atoms with E-state index in [1.807, 2.05) is 19.1 Å². The molecule has 1 atom stereocenters. The fourth-order valence-corrected chi connectivity index (χ4v) is 3.64. The van der Waals surface area contributed by atoms with Crippen LogP contribution in [-0.2, 0) is 17.6 Å². The Hall–Kier alpha value is -2.21. The number of fused-ring (bicyclic) bond motifs is 1. The summed E-state index contributed by atoms with van der Waals surface area (Å²) < 4.78 is 0. The van der Waals surface area contributed by atoms with Gasteiger partial charge in [0.05, 0.1) is 5.69 Å². The molecule has 6 heteroatoms. The lowest BCUT2D eigenvalue weighted by Gasteiger charge is -2.13. The van der Waals surface area contributed by atoms with E-state index < -0.39 is 6.04 Å². The summed E-state index contributed by atoms with van der Waals surface area (Å²) in [6.07, 6.45) is 3.18. The predicted molar refractivity (Wildman–Crippen MR) is 90.9 cm³/mol. The molecule has 1 aromatic heterocycles. The molecule has 2 aromatic rings. The summed E-state index contributed by atoms with van der Waals surface area (Å²) in [5.74, 6) is -0.503. The lowest BCUT2D eigenvalue weighted by atomic mass is 10.1. The standard InChI is InChI=1S/C17H19N3O2S/c1-10-5-3-6-12(9-10)16(22)18-11(2)15(21)20-17-19-13-7-4-8-14(13)23-17/h3,5-6,9,11H,4,7-8H2,1-2H3,(H,18,22)(H,19,20,21)/t11-/m1/s1. The molecule has 1 aromatic carbocycles. The number of anilines is 1. The van der Waals surface area contributed by atoms with Gasteiger partial charge in [-0.3, -0.25) is 9.59 Å². The van der Waals surface area contributed by atoms with Gasteiger partial charge in [-0.1, -0.05) is 17.7 Å². The third-order valence-corrected chi connectivity index (χ3v) is 4.92. The maximum Gasteiger partial charge on any atom is 0.251 e. The van der Waals surface area contributed by atoms with Crippen molar-refractivity contribution >= 4 is 28.3 Å². The third-order valence-electron chi connectivity index (χ3n) is 3.85. The van der Waals surface area contributed by atoms with Crippen molar-refractivity contribution in [2.75, 3.05) is 5.32 Å². The first-order chi connectivity index (χ1) is 11.0. The predicted octanol–water partition coefficient (Wildman–Crippen LogP) is 2.70. The third kappa shape index (κ3) is 3.59. The summed E-state index contributed by atoms with van der Waals surface area (Å²) in [7, 11) is 0. The van der Waals surface area contributed by atoms with Crippen LogP contribution in [0.1, 0.15) is 39.8 Å². The minimum Gasteiger partial charge on any atom is -0.341 e. The van der Waals surface area contributed by atoms with E-state index >= 15 is 0 Å². The Bertz CT molecular complexity index is 733. The first-order valence-corrected chi connectivity index (χ1v) is 8.51. The fourth-order valence-electron chi connectivity index (χ4n) is 2.59. The molecule has 0 aliphatic heterocycles. The molecule has 0 saturated carbocycles. The molecule has 23 heavy (non-hydrogen) atoms. The number of benzene rings is 1. The van der Waals surface area contributed by atoms with Crippen molar-refractivity contribution in [1.82, 2.24) is 10.3 Å². The average molecular weight is 329 g/mol. The monoisotopic (exact) mass is 329 g/mol. The van der Waals surface area contributed by atoms with Gasteiger partial charge in [-0.05, 0) is 45.2 Å². The minimum atomic E-state index is -0.623. The van der Waals surface area contributed by atoms with Gasteiger partial charge in [0.15, 0.2) is 5.13 Å². The number of rotatable bonds is 4. The van der Waals surface area contributed by atoms with Gasteiger partial charge in [-0.2, -0.15) is 0 Å². The van der Waals surface area contributed by atoms with E-state index in [-0.39, 0.29) is 11.8 Å². The molecule has 1 aliphatic rings. The van der Waals surface area contributed by atoms with Crippen molar-refractivity contribution < 1.29 is 9.59 Å². The van der Waals surface area contributed by atoms with Crippen LogP contribution in [0.4, 0.5) is 5.13 Å². The molecular weight excluding hydrogens is 310 g/mol. The number of nitrogens with one attached hydrogen (secondary N) is 2. The summed E-state index contributed by atoms with van der Waals surface area (Å²) in [6.45, 7) is 3.60. The van der Waals surface area contributed by atoms with Crippen molar-refractivity contribution in [3.05, 3.63) is 46.0 Å². The Balaban J connectivity index is 1.59. The highest BCUT2D eigenvalue weighted by atomic mass is 32.1. The largest absolute Gasteiger partial charge is 0.341 e. The van der Waals surface area contributed by atoms with Crippen molar-refractivity contribution in [1.29, 1.82) is 0 Å². The molecule has 0 spiro atoms. The number of amides is 2. The molecule has 0 bridgehead atoms. The SMILES string of the molecule is Cc1cccc(C(=O)N[C@H](C)C(=O)Nc2nc3c(s2)CCC3)c1. The van der Waals surface area contributed by atoms with Crippen LogP contribution in [0.15, 0.2) is 24.3 Å². The van der Waals surface area contributed by atoms with E-state index in [1.165, 1.54) is 16.2 Å². The second-order valence-electron chi connectivity index (χ2n) is 5.80. The first kappa shape index (κ1) is 15.7. The van der Waals surface area contributed by atoms with E-state index in [1.54, 1.807) is 19.1 Å². The van der Waals surface area contributed by atoms with Crippen molar-refractivity contribution in [3.63, 3.8) is 0 Å². The highest BCUT2D eigenvalue weighted by Gasteiger charge is 2.21. The zero-order chi connectivity index (χ0) is 16.4. The average Bonchev–Trinajstić information content (AvgIpc) is 3.08. The molecule has 120 valence electrons. The van der Waals surface area contributed by atoms with Crippen LogP contribution in [0.2, 0.25) is 0 Å². The number of carbonyl (C=O) groups is 2. The maximum atomic E-state index is 12.2. The molecule has 0 saturated heterocycles. The van der Waals surface area contributed by atoms with Gasteiger partial charge in [0, 0.05) is 10.4 Å². The Morgan fingerprint density at radius 3 is 2.87 bits per heavy atom. The van der Waals surface area contributed by atoms with Gasteiger partial charge in [0.2, 0.25) is 5.91 Å². The van der Waals surface area contributed by atoms with E-state index in [4.69, 9.17) is 0 Å². The molecule has 1 aliphatic carbocycles. The van der Waals surface area contributed by atoms with Crippen LogP contribution in [0.3, 0.4) is 0 Å². The molecule has 0 fully saturated rings. The molecule has 3 rings (SSSR count). The van der Waals surface area contributed by atoms with Crippen LogP contribution >= 0.6 is 11.3 Å². The summed E-state index contributed by atoms with van der Waals surface area (Å²) in [5, 5.41) is 6.13. The molecule has 5 nitrogen and oxygen atoms in total. The number of carbonyl (C=O) groups excluding carboxylic acids is 2. The highest BCUT2D eigenvalue weighted by molar-refractivity contribution is 7.15. The smallest absolute Gasteiger partial charge is 0.251 e. The second kappa shape index (κ2) is 6.50. The van der Waals surface area contributed by atoms with Crippen LogP contribution in [0.25, 0.3) is 0 Å². The highest BCUT2D eigenvalue weighted by Crippen LogP contribution is 2.30. The summed E-state index contributed by atoms with van der Waals surface area (Å²) in [5.41, 5.74) is 2.66. The van der Waals surface area contributed by atoms with Crippen molar-refractivity contribution in [3.8, 4) is 0 Å². The quantitative estimate of drug-likeness (QED) is 0.906. The first-order valence-electron chi connectivity index (χ1n) is 7.70. The van der Waals surface area contributed by atoms with Crippen LogP contribution < -0.4 is 10.6 Å². The lowest BCUT2D eigenvalue weighted by Crippen LogP contribution is -2.41. The lowest BCUT2D eigenvalue weighted by molar-refractivity contribution is -0.117. The molecule has 0 unspecified atom stereocenters. The van der Waals surface area contributed by atoms with Gasteiger partial charge in [-0.25, -0.2) is 4.98 Å². The summed E-state index contributed by atoms with van der Waals surface area (Å²) >= 11 is 1.53. The van der Waals surface area contributed by atoms with Crippen LogP contribution in [0.5, 0.6) is 0 Å². The van der Waals surface area contributed by atoms with Crippen LogP contribution in [0, 0.1) is 6.92 Å². The Labute approximate surface area is 139 Å². The van der Waals surface area contributed by atoms with Gasteiger partial charge >= 0.3 is 0 Å². The second-order valence-corrected chi connectivity index (χ2v) is 6.88. The normalized spacial score (nSPS) is 14.2. The van der Waals surface area contributed by atoms with Crippen molar-refractivity contribution in [2.45, 2.75) is 39.2 Å². The van der Waals surface area contributed by atoms with Crippen molar-refractivity contribution in [2.24, 2.45) is 0 Å². The van der Waals surface area contributed by atoms with E-state index in [9.17, 15) is 9.59 Å². The van der Waals surface area contributed by atoms with Gasteiger partial charge in [0.25, 0.3) is 5.91 Å². The maximum absolute atomic E-state index is 12.2. The topological polar surface area (TPSA) is 71.1 Å². The fraction of sp³-hybridized carbons (Fsp3) is 0.353. The summed E-state index contributed by atoms with van der Waals surface area (Å²) in [4.78, 5) is 30.1.